The van der Waals surface area contributed by atoms with Crippen LogP contribution in [0.2, 0.25) is 0 Å². The summed E-state index contributed by atoms with van der Waals surface area (Å²) in [6, 6.07) is 0.459. The summed E-state index contributed by atoms with van der Waals surface area (Å²) >= 11 is 0. The number of carbonyl (C=O) groups is 1. The van der Waals surface area contributed by atoms with E-state index in [0.29, 0.717) is 19.0 Å². The molecule has 1 atom stereocenters. The lowest BCUT2D eigenvalue weighted by atomic mass is 9.99. The smallest absolute Gasteiger partial charge is 0.223 e. The maximum atomic E-state index is 12.0. The highest BCUT2D eigenvalue weighted by atomic mass is 16.3. The third kappa shape index (κ3) is 5.89. The fourth-order valence-corrected chi connectivity index (χ4v) is 2.71. The Hall–Kier alpha value is -0.650. The van der Waals surface area contributed by atoms with E-state index in [1.54, 1.807) is 4.90 Å². The van der Waals surface area contributed by atoms with Crippen LogP contribution in [0.15, 0.2) is 0 Å². The fourth-order valence-electron chi connectivity index (χ4n) is 2.71. The highest BCUT2D eigenvalue weighted by molar-refractivity contribution is 5.76. The Kier molecular flexibility index (Phi) is 8.02. The molecule has 0 bridgehead atoms. The van der Waals surface area contributed by atoms with Crippen LogP contribution in [0.5, 0.6) is 0 Å². The van der Waals surface area contributed by atoms with E-state index in [1.165, 1.54) is 12.8 Å². The Morgan fingerprint density at radius 3 is 2.95 bits per heavy atom. The highest BCUT2D eigenvalue weighted by Crippen LogP contribution is 2.19. The molecular weight excluding hydrogens is 242 g/mol. The minimum Gasteiger partial charge on any atom is -0.396 e. The molecule has 0 aromatic heterocycles. The molecule has 1 unspecified atom stereocenters. The van der Waals surface area contributed by atoms with E-state index in [0.717, 1.165) is 38.9 Å². The van der Waals surface area contributed by atoms with E-state index < -0.39 is 0 Å². The lowest BCUT2D eigenvalue weighted by molar-refractivity contribution is -0.130. The van der Waals surface area contributed by atoms with Gasteiger partial charge in [0.05, 0.1) is 0 Å². The SMILES string of the molecule is CN(CCCN)C(=O)CCN1CCCCC1CCO. The van der Waals surface area contributed by atoms with Gasteiger partial charge in [-0.3, -0.25) is 9.69 Å². The van der Waals surface area contributed by atoms with Gasteiger partial charge in [0.15, 0.2) is 0 Å². The molecule has 112 valence electrons. The van der Waals surface area contributed by atoms with E-state index in [-0.39, 0.29) is 12.5 Å². The summed E-state index contributed by atoms with van der Waals surface area (Å²) in [7, 11) is 1.85. The predicted molar refractivity (Wildman–Crippen MR) is 76.8 cm³/mol. The van der Waals surface area contributed by atoms with Crippen molar-refractivity contribution in [1.82, 2.24) is 9.80 Å². The van der Waals surface area contributed by atoms with Crippen molar-refractivity contribution in [1.29, 1.82) is 0 Å². The zero-order valence-electron chi connectivity index (χ0n) is 12.2. The van der Waals surface area contributed by atoms with Gasteiger partial charge < -0.3 is 15.7 Å². The summed E-state index contributed by atoms with van der Waals surface area (Å²) in [6.07, 6.45) is 5.86. The van der Waals surface area contributed by atoms with Gasteiger partial charge in [-0.1, -0.05) is 6.42 Å². The summed E-state index contributed by atoms with van der Waals surface area (Å²) in [5.41, 5.74) is 5.45. The van der Waals surface area contributed by atoms with Crippen molar-refractivity contribution in [3.8, 4) is 0 Å². The van der Waals surface area contributed by atoms with Crippen molar-refractivity contribution in [3.63, 3.8) is 0 Å². The molecule has 5 nitrogen and oxygen atoms in total. The number of nitrogens with two attached hydrogens (primary N) is 1. The second-order valence-electron chi connectivity index (χ2n) is 5.41. The third-order valence-corrected chi connectivity index (χ3v) is 3.95. The van der Waals surface area contributed by atoms with Crippen molar-refractivity contribution in [2.75, 3.05) is 39.8 Å². The summed E-state index contributed by atoms with van der Waals surface area (Å²) in [5.74, 6) is 0.196. The van der Waals surface area contributed by atoms with Gasteiger partial charge in [0.2, 0.25) is 5.91 Å². The van der Waals surface area contributed by atoms with Gasteiger partial charge in [-0.2, -0.15) is 0 Å². The largest absolute Gasteiger partial charge is 0.396 e. The monoisotopic (exact) mass is 271 g/mol. The Balaban J connectivity index is 2.30. The van der Waals surface area contributed by atoms with Crippen LogP contribution in [-0.2, 0) is 4.79 Å². The van der Waals surface area contributed by atoms with Crippen molar-refractivity contribution >= 4 is 5.91 Å². The van der Waals surface area contributed by atoms with Gasteiger partial charge >= 0.3 is 0 Å². The standard InChI is InChI=1S/C14H29N3O2/c1-16(9-4-8-15)14(19)6-11-17-10-3-2-5-13(17)7-12-18/h13,18H,2-12,15H2,1H3. The van der Waals surface area contributed by atoms with Crippen LogP contribution in [0.4, 0.5) is 0 Å². The predicted octanol–water partition coefficient (Wildman–Crippen LogP) is 0.421. The first-order valence-electron chi connectivity index (χ1n) is 7.48. The Labute approximate surface area is 116 Å². The number of nitrogens with zero attached hydrogens (tertiary/aromatic N) is 2. The van der Waals surface area contributed by atoms with Crippen molar-refractivity contribution in [2.45, 2.75) is 44.6 Å². The molecule has 3 N–H and O–H groups in total. The second kappa shape index (κ2) is 9.28. The molecule has 1 fully saturated rings. The van der Waals surface area contributed by atoms with Crippen molar-refractivity contribution < 1.29 is 9.90 Å². The summed E-state index contributed by atoms with van der Waals surface area (Å²) in [4.78, 5) is 16.1. The Morgan fingerprint density at radius 1 is 1.47 bits per heavy atom. The first kappa shape index (κ1) is 16.4. The number of amides is 1. The molecule has 1 aliphatic heterocycles. The number of hydrogen-bond acceptors (Lipinski definition) is 4. The fraction of sp³-hybridized carbons (Fsp3) is 0.929. The number of aliphatic hydroxyl groups is 1. The van der Waals surface area contributed by atoms with Crippen LogP contribution in [0, 0.1) is 0 Å². The van der Waals surface area contributed by atoms with Gasteiger partial charge in [-0.15, -0.1) is 0 Å². The number of likely N-dealkylation sites (tertiary alicyclic amines) is 1. The molecule has 1 saturated heterocycles. The topological polar surface area (TPSA) is 69.8 Å². The summed E-state index contributed by atoms with van der Waals surface area (Å²) in [6.45, 7) is 3.49. The van der Waals surface area contributed by atoms with Crippen molar-refractivity contribution in [3.05, 3.63) is 0 Å². The van der Waals surface area contributed by atoms with E-state index in [1.807, 2.05) is 7.05 Å². The molecule has 1 amide bonds. The highest BCUT2D eigenvalue weighted by Gasteiger charge is 2.22. The second-order valence-corrected chi connectivity index (χ2v) is 5.41. The average Bonchev–Trinajstić information content (AvgIpc) is 2.43. The Morgan fingerprint density at radius 2 is 2.26 bits per heavy atom. The molecule has 0 spiro atoms. The zero-order chi connectivity index (χ0) is 14.1. The summed E-state index contributed by atoms with van der Waals surface area (Å²) in [5, 5.41) is 9.09. The molecule has 19 heavy (non-hydrogen) atoms. The molecule has 0 aromatic carbocycles. The minimum atomic E-state index is 0.196. The van der Waals surface area contributed by atoms with Crippen molar-refractivity contribution in [2.24, 2.45) is 5.73 Å². The maximum absolute atomic E-state index is 12.0. The van der Waals surface area contributed by atoms with E-state index in [9.17, 15) is 4.79 Å². The van der Waals surface area contributed by atoms with Gasteiger partial charge in [0.1, 0.15) is 0 Å². The van der Waals surface area contributed by atoms with Crippen LogP contribution in [-0.4, -0.2) is 66.7 Å². The van der Waals surface area contributed by atoms with Crippen LogP contribution < -0.4 is 5.73 Å². The van der Waals surface area contributed by atoms with Crippen LogP contribution >= 0.6 is 0 Å². The summed E-state index contributed by atoms with van der Waals surface area (Å²) < 4.78 is 0. The minimum absolute atomic E-state index is 0.196. The Bertz CT molecular complexity index is 259. The number of rotatable bonds is 8. The van der Waals surface area contributed by atoms with Crippen LogP contribution in [0.1, 0.15) is 38.5 Å². The third-order valence-electron chi connectivity index (χ3n) is 3.95. The number of carbonyl (C=O) groups excluding carboxylic acids is 1. The zero-order valence-corrected chi connectivity index (χ0v) is 12.2. The lowest BCUT2D eigenvalue weighted by Crippen LogP contribution is -2.42. The average molecular weight is 271 g/mol. The molecule has 1 heterocycles. The van der Waals surface area contributed by atoms with E-state index in [2.05, 4.69) is 4.90 Å². The molecular formula is C14H29N3O2. The van der Waals surface area contributed by atoms with E-state index in [4.69, 9.17) is 10.8 Å². The molecule has 0 aliphatic carbocycles. The molecule has 0 saturated carbocycles. The first-order valence-corrected chi connectivity index (χ1v) is 7.48. The number of piperidine rings is 1. The molecule has 1 aliphatic rings. The molecule has 0 aromatic rings. The number of hydrogen-bond donors (Lipinski definition) is 2. The lowest BCUT2D eigenvalue weighted by Gasteiger charge is -2.35. The normalized spacial score (nSPS) is 20.5. The maximum Gasteiger partial charge on any atom is 0.223 e. The van der Waals surface area contributed by atoms with E-state index >= 15 is 0 Å². The van der Waals surface area contributed by atoms with Gasteiger partial charge in [-0.25, -0.2) is 0 Å². The molecule has 1 rings (SSSR count). The molecule has 0 radical (unpaired) electrons. The molecule has 5 heteroatoms. The van der Waals surface area contributed by atoms with Gasteiger partial charge in [0, 0.05) is 39.2 Å². The van der Waals surface area contributed by atoms with Gasteiger partial charge in [-0.05, 0) is 38.8 Å². The van der Waals surface area contributed by atoms with Crippen LogP contribution in [0.25, 0.3) is 0 Å². The first-order chi connectivity index (χ1) is 9.19. The van der Waals surface area contributed by atoms with Crippen LogP contribution in [0.3, 0.4) is 0 Å². The quantitative estimate of drug-likeness (QED) is 0.671. The van der Waals surface area contributed by atoms with Gasteiger partial charge in [0.25, 0.3) is 0 Å². The number of aliphatic hydroxyl groups excluding tert-OH is 1.